The maximum Gasteiger partial charge on any atom is 0.270 e. The normalized spacial score (nSPS) is 11.7. The molecule has 0 aliphatic rings. The summed E-state index contributed by atoms with van der Waals surface area (Å²) >= 11 is 0. The minimum absolute atomic E-state index is 0.0286. The van der Waals surface area contributed by atoms with Crippen molar-refractivity contribution in [2.24, 2.45) is 0 Å². The number of rotatable bonds is 8. The second kappa shape index (κ2) is 8.98. The summed E-state index contributed by atoms with van der Waals surface area (Å²) < 4.78 is 29.1. The Labute approximate surface area is 161 Å². The molecule has 0 spiro atoms. The van der Waals surface area contributed by atoms with E-state index in [1.54, 1.807) is 19.1 Å². The smallest absolute Gasteiger partial charge is 0.270 e. The summed E-state index contributed by atoms with van der Waals surface area (Å²) in [6, 6.07) is 12.6. The Morgan fingerprint density at radius 2 is 1.82 bits per heavy atom. The molecule has 1 heterocycles. The first-order valence-electron chi connectivity index (χ1n) is 8.85. The van der Waals surface area contributed by atoms with Gasteiger partial charge >= 0.3 is 0 Å². The van der Waals surface area contributed by atoms with Gasteiger partial charge in [-0.05, 0) is 67.0 Å². The van der Waals surface area contributed by atoms with Gasteiger partial charge in [0.05, 0.1) is 6.61 Å². The van der Waals surface area contributed by atoms with Gasteiger partial charge in [0.2, 0.25) is 0 Å². The highest BCUT2D eigenvalue weighted by molar-refractivity contribution is 5.92. The zero-order valence-corrected chi connectivity index (χ0v) is 15.5. The molecule has 0 saturated heterocycles. The summed E-state index contributed by atoms with van der Waals surface area (Å²) in [5.41, 5.74) is 0.701. The fourth-order valence-electron chi connectivity index (χ4n) is 2.29. The van der Waals surface area contributed by atoms with E-state index in [9.17, 15) is 9.18 Å². The molecule has 1 N–H and O–H groups in total. The molecule has 0 unspecified atom stereocenters. The van der Waals surface area contributed by atoms with Crippen LogP contribution >= 0.6 is 0 Å². The van der Waals surface area contributed by atoms with Crippen LogP contribution in [-0.4, -0.2) is 28.8 Å². The molecule has 0 bridgehead atoms. The van der Waals surface area contributed by atoms with Crippen molar-refractivity contribution in [2.45, 2.75) is 26.4 Å². The number of hydrogen-bond acceptors (Lipinski definition) is 6. The van der Waals surface area contributed by atoms with Crippen LogP contribution in [0.1, 0.15) is 20.3 Å². The van der Waals surface area contributed by atoms with Crippen molar-refractivity contribution in [1.82, 2.24) is 10.1 Å². The first-order chi connectivity index (χ1) is 13.5. The van der Waals surface area contributed by atoms with Gasteiger partial charge in [0.15, 0.2) is 6.10 Å². The van der Waals surface area contributed by atoms with Crippen LogP contribution in [-0.2, 0) is 4.79 Å². The number of aromatic nitrogens is 2. The van der Waals surface area contributed by atoms with E-state index in [1.165, 1.54) is 24.3 Å². The fourth-order valence-corrected chi connectivity index (χ4v) is 2.29. The predicted molar refractivity (Wildman–Crippen MR) is 101 cm³/mol. The van der Waals surface area contributed by atoms with Gasteiger partial charge in [-0.25, -0.2) is 4.39 Å². The molecule has 0 saturated carbocycles. The van der Waals surface area contributed by atoms with Crippen molar-refractivity contribution in [1.29, 1.82) is 0 Å². The number of benzene rings is 2. The first kappa shape index (κ1) is 19.3. The minimum atomic E-state index is -0.831. The third kappa shape index (κ3) is 5.06. The number of ether oxygens (including phenoxy) is 2. The van der Waals surface area contributed by atoms with E-state index < -0.39 is 12.0 Å². The molecular weight excluding hydrogens is 365 g/mol. The number of carbonyl (C=O) groups excluding carboxylic acids is 1. The SMILES string of the molecule is CCCOc1ccc(-c2nc(NC(=O)[C@H](C)Oc3ccc(F)cc3)no2)cc1. The Morgan fingerprint density at radius 1 is 1.14 bits per heavy atom. The number of anilines is 1. The third-order valence-electron chi connectivity index (χ3n) is 3.73. The highest BCUT2D eigenvalue weighted by Gasteiger charge is 2.18. The number of hydrogen-bond donors (Lipinski definition) is 1. The molecule has 3 rings (SSSR count). The molecule has 7 nitrogen and oxygen atoms in total. The van der Waals surface area contributed by atoms with Crippen molar-refractivity contribution >= 4 is 11.9 Å². The summed E-state index contributed by atoms with van der Waals surface area (Å²) in [6.45, 7) is 4.25. The van der Waals surface area contributed by atoms with Crippen molar-refractivity contribution in [3.05, 3.63) is 54.3 Å². The zero-order valence-electron chi connectivity index (χ0n) is 15.5. The highest BCUT2D eigenvalue weighted by Crippen LogP contribution is 2.22. The van der Waals surface area contributed by atoms with Gasteiger partial charge < -0.3 is 14.0 Å². The van der Waals surface area contributed by atoms with E-state index in [2.05, 4.69) is 15.5 Å². The number of nitrogens with zero attached hydrogens (tertiary/aromatic N) is 2. The molecule has 1 aromatic heterocycles. The van der Waals surface area contributed by atoms with Crippen molar-refractivity contribution < 1.29 is 23.2 Å². The summed E-state index contributed by atoms with van der Waals surface area (Å²) in [5.74, 6) is 0.590. The average Bonchev–Trinajstić information content (AvgIpc) is 3.17. The van der Waals surface area contributed by atoms with E-state index in [0.717, 1.165) is 12.2 Å². The van der Waals surface area contributed by atoms with Crippen LogP contribution < -0.4 is 14.8 Å². The highest BCUT2D eigenvalue weighted by atomic mass is 19.1. The second-order valence-electron chi connectivity index (χ2n) is 6.00. The van der Waals surface area contributed by atoms with Gasteiger partial charge in [-0.3, -0.25) is 10.1 Å². The Bertz CT molecular complexity index is 910. The van der Waals surface area contributed by atoms with E-state index in [-0.39, 0.29) is 17.7 Å². The molecule has 0 fully saturated rings. The molecule has 28 heavy (non-hydrogen) atoms. The lowest BCUT2D eigenvalue weighted by molar-refractivity contribution is -0.122. The molecule has 3 aromatic rings. The molecule has 0 aliphatic heterocycles. The van der Waals surface area contributed by atoms with Crippen LogP contribution in [0.25, 0.3) is 11.5 Å². The first-order valence-corrected chi connectivity index (χ1v) is 8.85. The molecule has 2 aromatic carbocycles. The molecule has 1 atom stereocenters. The van der Waals surface area contributed by atoms with Gasteiger partial charge in [-0.15, -0.1) is 0 Å². The maximum atomic E-state index is 12.9. The van der Waals surface area contributed by atoms with Crippen LogP contribution in [0.15, 0.2) is 53.1 Å². The predicted octanol–water partition coefficient (Wildman–Crippen LogP) is 4.07. The van der Waals surface area contributed by atoms with Crippen LogP contribution in [0.5, 0.6) is 11.5 Å². The second-order valence-corrected chi connectivity index (χ2v) is 6.00. The number of amides is 1. The van der Waals surface area contributed by atoms with Gasteiger partial charge in [-0.1, -0.05) is 6.92 Å². The van der Waals surface area contributed by atoms with Gasteiger partial charge in [0, 0.05) is 5.56 Å². The lowest BCUT2D eigenvalue weighted by Gasteiger charge is -2.13. The third-order valence-corrected chi connectivity index (χ3v) is 3.73. The standard InChI is InChI=1S/C20H20FN3O4/c1-3-12-26-16-8-4-14(5-9-16)19-23-20(24-28-19)22-18(25)13(2)27-17-10-6-15(21)7-11-17/h4-11,13H,3,12H2,1-2H3,(H,22,24,25)/t13-/m0/s1. The molecular formula is C20H20FN3O4. The zero-order chi connectivity index (χ0) is 19.9. The van der Waals surface area contributed by atoms with Crippen LogP contribution in [0.3, 0.4) is 0 Å². The Morgan fingerprint density at radius 3 is 2.50 bits per heavy atom. The van der Waals surface area contributed by atoms with Gasteiger partial charge in [0.1, 0.15) is 17.3 Å². The Kier molecular flexibility index (Phi) is 6.21. The monoisotopic (exact) mass is 385 g/mol. The van der Waals surface area contributed by atoms with E-state index in [0.29, 0.717) is 17.9 Å². The van der Waals surface area contributed by atoms with Crippen LogP contribution in [0.2, 0.25) is 0 Å². The van der Waals surface area contributed by atoms with Crippen molar-refractivity contribution in [3.63, 3.8) is 0 Å². The van der Waals surface area contributed by atoms with Crippen molar-refractivity contribution in [2.75, 3.05) is 11.9 Å². The quantitative estimate of drug-likeness (QED) is 0.629. The largest absolute Gasteiger partial charge is 0.494 e. The summed E-state index contributed by atoms with van der Waals surface area (Å²) in [4.78, 5) is 16.4. The number of nitrogens with one attached hydrogen (secondary N) is 1. The maximum absolute atomic E-state index is 12.9. The minimum Gasteiger partial charge on any atom is -0.494 e. The lowest BCUT2D eigenvalue weighted by atomic mass is 10.2. The molecule has 0 aliphatic carbocycles. The molecule has 1 amide bonds. The fraction of sp³-hybridized carbons (Fsp3) is 0.250. The van der Waals surface area contributed by atoms with E-state index in [1.807, 2.05) is 19.1 Å². The summed E-state index contributed by atoms with van der Waals surface area (Å²) in [5, 5.41) is 6.28. The number of carbonyl (C=O) groups is 1. The number of halogens is 1. The van der Waals surface area contributed by atoms with Gasteiger partial charge in [0.25, 0.3) is 17.7 Å². The van der Waals surface area contributed by atoms with Crippen molar-refractivity contribution in [3.8, 4) is 23.0 Å². The topological polar surface area (TPSA) is 86.5 Å². The molecule has 146 valence electrons. The average molecular weight is 385 g/mol. The molecule has 8 heteroatoms. The Hall–Kier alpha value is -3.42. The van der Waals surface area contributed by atoms with Crippen LogP contribution in [0, 0.1) is 5.82 Å². The van der Waals surface area contributed by atoms with E-state index >= 15 is 0 Å². The Balaban J connectivity index is 1.58. The molecule has 0 radical (unpaired) electrons. The lowest BCUT2D eigenvalue weighted by Crippen LogP contribution is -2.30. The van der Waals surface area contributed by atoms with Crippen LogP contribution in [0.4, 0.5) is 10.3 Å². The van der Waals surface area contributed by atoms with E-state index in [4.69, 9.17) is 14.0 Å². The van der Waals surface area contributed by atoms with Gasteiger partial charge in [-0.2, -0.15) is 4.98 Å². The summed E-state index contributed by atoms with van der Waals surface area (Å²) in [6.07, 6.45) is 0.0972. The summed E-state index contributed by atoms with van der Waals surface area (Å²) in [7, 11) is 0.